The number of rotatable bonds is 7. The highest BCUT2D eigenvalue weighted by atomic mass is 16.5. The van der Waals surface area contributed by atoms with E-state index in [1.54, 1.807) is 18.3 Å². The Balaban J connectivity index is 2.47. The van der Waals surface area contributed by atoms with Gasteiger partial charge in [0, 0.05) is 24.7 Å². The molecule has 1 heterocycles. The van der Waals surface area contributed by atoms with Crippen LogP contribution < -0.4 is 0 Å². The molecule has 0 spiro atoms. The molecule has 29 heavy (non-hydrogen) atoms. The minimum absolute atomic E-state index is 0.101. The lowest BCUT2D eigenvalue weighted by molar-refractivity contribution is -0.173. The third-order valence-electron chi connectivity index (χ3n) is 4.96. The summed E-state index contributed by atoms with van der Waals surface area (Å²) in [5.41, 5.74) is -1.14. The second-order valence-electron chi connectivity index (χ2n) is 8.82. The van der Waals surface area contributed by atoms with E-state index in [-0.39, 0.29) is 31.5 Å². The summed E-state index contributed by atoms with van der Waals surface area (Å²) in [5.74, 6) is -4.78. The topological polar surface area (TPSA) is 103 Å². The number of Topliss-reactive ketones (excluding diaryl/α,β-unsaturated/α-hetero) is 1. The largest absolute Gasteiger partial charge is 0.465 e. The molecule has 1 aromatic rings. The highest BCUT2D eigenvalue weighted by Gasteiger charge is 2.57. The first-order valence-corrected chi connectivity index (χ1v) is 10.0. The molecule has 0 saturated heterocycles. The molecule has 160 valence electrons. The summed E-state index contributed by atoms with van der Waals surface area (Å²) >= 11 is 0. The van der Waals surface area contributed by atoms with E-state index in [1.807, 2.05) is 27.7 Å². The van der Waals surface area contributed by atoms with Crippen molar-refractivity contribution >= 4 is 17.7 Å². The zero-order valence-corrected chi connectivity index (χ0v) is 17.8. The SMILES string of the molecule is CC(C)COC(=O)[C@@H]1C(=O)C[C@](C)(O)[C@@H](C(=O)OCC(C)C)[C@H]1c1cccnc1. The van der Waals surface area contributed by atoms with Gasteiger partial charge < -0.3 is 14.6 Å². The quantitative estimate of drug-likeness (QED) is 0.549. The van der Waals surface area contributed by atoms with Gasteiger partial charge >= 0.3 is 11.9 Å². The van der Waals surface area contributed by atoms with Gasteiger partial charge in [0.25, 0.3) is 0 Å². The van der Waals surface area contributed by atoms with Gasteiger partial charge in [-0.05, 0) is 30.4 Å². The van der Waals surface area contributed by atoms with Crippen LogP contribution in [0.25, 0.3) is 0 Å². The van der Waals surface area contributed by atoms with Crippen molar-refractivity contribution in [3.63, 3.8) is 0 Å². The lowest BCUT2D eigenvalue weighted by atomic mass is 9.62. The van der Waals surface area contributed by atoms with Crippen molar-refractivity contribution in [3.05, 3.63) is 30.1 Å². The summed E-state index contributed by atoms with van der Waals surface area (Å²) in [6, 6.07) is 3.36. The number of esters is 2. The smallest absolute Gasteiger partial charge is 0.317 e. The summed E-state index contributed by atoms with van der Waals surface area (Å²) < 4.78 is 10.8. The van der Waals surface area contributed by atoms with Crippen LogP contribution in [0.1, 0.15) is 52.5 Å². The normalized spacial score (nSPS) is 27.2. The maximum atomic E-state index is 13.0. The number of hydrogen-bond acceptors (Lipinski definition) is 7. The number of ketones is 1. The van der Waals surface area contributed by atoms with Gasteiger partial charge in [0.2, 0.25) is 0 Å². The van der Waals surface area contributed by atoms with E-state index in [2.05, 4.69) is 4.98 Å². The molecule has 0 amide bonds. The van der Waals surface area contributed by atoms with Crippen molar-refractivity contribution in [3.8, 4) is 0 Å². The zero-order chi connectivity index (χ0) is 21.8. The van der Waals surface area contributed by atoms with Crippen molar-refractivity contribution in [1.82, 2.24) is 4.98 Å². The van der Waals surface area contributed by atoms with Crippen LogP contribution in [0.5, 0.6) is 0 Å². The minimum Gasteiger partial charge on any atom is -0.465 e. The minimum atomic E-state index is -1.65. The van der Waals surface area contributed by atoms with E-state index in [0.29, 0.717) is 5.56 Å². The summed E-state index contributed by atoms with van der Waals surface area (Å²) in [6.07, 6.45) is 2.74. The molecule has 1 saturated carbocycles. The van der Waals surface area contributed by atoms with E-state index in [1.165, 1.54) is 13.1 Å². The van der Waals surface area contributed by atoms with Crippen molar-refractivity contribution in [2.75, 3.05) is 13.2 Å². The summed E-state index contributed by atoms with van der Waals surface area (Å²) in [5, 5.41) is 11.0. The Kier molecular flexibility index (Phi) is 7.52. The van der Waals surface area contributed by atoms with E-state index in [9.17, 15) is 19.5 Å². The highest BCUT2D eigenvalue weighted by Crippen LogP contribution is 2.46. The van der Waals surface area contributed by atoms with Gasteiger partial charge in [-0.15, -0.1) is 0 Å². The van der Waals surface area contributed by atoms with Gasteiger partial charge in [-0.2, -0.15) is 0 Å². The summed E-state index contributed by atoms with van der Waals surface area (Å²) in [7, 11) is 0. The Morgan fingerprint density at radius 3 is 2.28 bits per heavy atom. The van der Waals surface area contributed by atoms with Crippen molar-refractivity contribution in [2.45, 2.75) is 52.6 Å². The fraction of sp³-hybridized carbons (Fsp3) is 0.636. The molecule has 0 unspecified atom stereocenters. The fourth-order valence-electron chi connectivity index (χ4n) is 3.67. The van der Waals surface area contributed by atoms with Gasteiger partial charge in [0.1, 0.15) is 5.92 Å². The summed E-state index contributed by atoms with van der Waals surface area (Å²) in [6.45, 7) is 9.38. The molecule has 0 radical (unpaired) electrons. The molecular weight excluding hydrogens is 374 g/mol. The van der Waals surface area contributed by atoms with Crippen LogP contribution in [0.15, 0.2) is 24.5 Å². The lowest BCUT2D eigenvalue weighted by Crippen LogP contribution is -2.55. The maximum absolute atomic E-state index is 13.0. The van der Waals surface area contributed by atoms with Gasteiger partial charge in [-0.25, -0.2) is 0 Å². The molecule has 7 nitrogen and oxygen atoms in total. The number of nitrogens with zero attached hydrogens (tertiary/aromatic N) is 1. The molecule has 0 bridgehead atoms. The van der Waals surface area contributed by atoms with Crippen LogP contribution in [0.4, 0.5) is 0 Å². The Morgan fingerprint density at radius 2 is 1.76 bits per heavy atom. The zero-order valence-electron chi connectivity index (χ0n) is 17.8. The van der Waals surface area contributed by atoms with Gasteiger partial charge in [-0.3, -0.25) is 19.4 Å². The van der Waals surface area contributed by atoms with Crippen LogP contribution in [0.3, 0.4) is 0 Å². The molecule has 1 aliphatic carbocycles. The average Bonchev–Trinajstić information content (AvgIpc) is 2.63. The van der Waals surface area contributed by atoms with Crippen LogP contribution >= 0.6 is 0 Å². The van der Waals surface area contributed by atoms with Gasteiger partial charge in [0.15, 0.2) is 5.78 Å². The molecule has 7 heteroatoms. The predicted octanol–water partition coefficient (Wildman–Crippen LogP) is 2.52. The molecule has 2 rings (SSSR count). The van der Waals surface area contributed by atoms with Crippen LogP contribution in [0.2, 0.25) is 0 Å². The van der Waals surface area contributed by atoms with E-state index >= 15 is 0 Å². The molecule has 0 aromatic carbocycles. The van der Waals surface area contributed by atoms with Gasteiger partial charge in [0.05, 0.1) is 24.7 Å². The number of hydrogen-bond donors (Lipinski definition) is 1. The molecule has 1 fully saturated rings. The monoisotopic (exact) mass is 405 g/mol. The Morgan fingerprint density at radius 1 is 1.17 bits per heavy atom. The van der Waals surface area contributed by atoms with E-state index in [0.717, 1.165) is 0 Å². The number of pyridine rings is 1. The van der Waals surface area contributed by atoms with Gasteiger partial charge in [-0.1, -0.05) is 33.8 Å². The number of aromatic nitrogens is 1. The Labute approximate surface area is 171 Å². The molecule has 1 N–H and O–H groups in total. The first kappa shape index (κ1) is 23.0. The van der Waals surface area contributed by atoms with Crippen molar-refractivity contribution in [2.24, 2.45) is 23.7 Å². The lowest BCUT2D eigenvalue weighted by Gasteiger charge is -2.43. The molecular formula is C22H31NO6. The second kappa shape index (κ2) is 9.48. The molecule has 1 aromatic heterocycles. The molecule has 1 aliphatic rings. The Hall–Kier alpha value is -2.28. The standard InChI is InChI=1S/C22H31NO6/c1-13(2)11-28-20(25)18-16(24)9-22(5,27)19(21(26)29-12-14(3)4)17(18)15-7-6-8-23-10-15/h6-8,10,13-14,17-19,27H,9,11-12H2,1-5H3/t17-,18+,19+,22-/m0/s1. The number of carbonyl (C=O) groups excluding carboxylic acids is 3. The Bertz CT molecular complexity index is 728. The van der Waals surface area contributed by atoms with E-state index < -0.39 is 41.1 Å². The van der Waals surface area contributed by atoms with Crippen molar-refractivity contribution in [1.29, 1.82) is 0 Å². The predicted molar refractivity (Wildman–Crippen MR) is 106 cm³/mol. The molecule has 0 aliphatic heterocycles. The number of ether oxygens (including phenoxy) is 2. The maximum Gasteiger partial charge on any atom is 0.317 e. The first-order valence-electron chi connectivity index (χ1n) is 10.0. The first-order chi connectivity index (χ1) is 13.5. The third kappa shape index (κ3) is 5.63. The van der Waals surface area contributed by atoms with Crippen molar-refractivity contribution < 1.29 is 29.0 Å². The molecule has 4 atom stereocenters. The third-order valence-corrected chi connectivity index (χ3v) is 4.96. The number of carbonyl (C=O) groups is 3. The summed E-state index contributed by atoms with van der Waals surface area (Å²) in [4.78, 5) is 42.8. The van der Waals surface area contributed by atoms with E-state index in [4.69, 9.17) is 9.47 Å². The number of aliphatic hydroxyl groups is 1. The average molecular weight is 405 g/mol. The fourth-order valence-corrected chi connectivity index (χ4v) is 3.67. The van der Waals surface area contributed by atoms with Crippen LogP contribution in [-0.4, -0.2) is 46.6 Å². The second-order valence-corrected chi connectivity index (χ2v) is 8.82. The van der Waals surface area contributed by atoms with Crippen LogP contribution in [-0.2, 0) is 23.9 Å². The van der Waals surface area contributed by atoms with Crippen LogP contribution in [0, 0.1) is 23.7 Å². The highest BCUT2D eigenvalue weighted by molar-refractivity contribution is 6.02.